The van der Waals surface area contributed by atoms with Crippen LogP contribution < -0.4 is 9.47 Å². The van der Waals surface area contributed by atoms with Crippen molar-refractivity contribution in [3.63, 3.8) is 0 Å². The number of nitrogens with zero attached hydrogens (tertiary/aromatic N) is 2. The molecule has 1 aromatic heterocycles. The number of benzene rings is 3. The normalized spacial score (nSPS) is 11.0. The molecule has 0 spiro atoms. The average molecular weight is 407 g/mol. The van der Waals surface area contributed by atoms with Crippen LogP contribution in [0.4, 0.5) is 0 Å². The molecule has 0 saturated heterocycles. The van der Waals surface area contributed by atoms with E-state index in [2.05, 4.69) is 29.7 Å². The summed E-state index contributed by atoms with van der Waals surface area (Å²) in [5.41, 5.74) is 3.33. The molecular weight excluding hydrogens is 384 g/mol. The summed E-state index contributed by atoms with van der Waals surface area (Å²) in [6, 6.07) is 23.7. The second kappa shape index (κ2) is 9.01. The quantitative estimate of drug-likeness (QED) is 0.365. The second-order valence-corrected chi connectivity index (χ2v) is 7.19. The van der Waals surface area contributed by atoms with Crippen LogP contribution in [0.5, 0.6) is 11.5 Å². The van der Waals surface area contributed by atoms with Crippen molar-refractivity contribution in [1.82, 2.24) is 9.55 Å². The van der Waals surface area contributed by atoms with Crippen molar-refractivity contribution in [1.29, 1.82) is 0 Å². The van der Waals surface area contributed by atoms with Crippen LogP contribution in [0.15, 0.2) is 72.8 Å². The Morgan fingerprint density at radius 1 is 0.862 bits per heavy atom. The Hall–Kier alpha value is -2.98. The lowest BCUT2D eigenvalue weighted by molar-refractivity contribution is 0.272. The van der Waals surface area contributed by atoms with Gasteiger partial charge in [-0.25, -0.2) is 4.98 Å². The summed E-state index contributed by atoms with van der Waals surface area (Å²) in [6.07, 6.45) is 1.02. The summed E-state index contributed by atoms with van der Waals surface area (Å²) >= 11 is 5.93. The highest BCUT2D eigenvalue weighted by molar-refractivity contribution is 6.30. The molecule has 0 aliphatic carbocycles. The first kappa shape index (κ1) is 19.3. The van der Waals surface area contributed by atoms with Crippen LogP contribution in [0.25, 0.3) is 11.0 Å². The third-order valence-electron chi connectivity index (χ3n) is 4.83. The number of hydrogen-bond donors (Lipinski definition) is 0. The molecule has 0 aliphatic heterocycles. The molecule has 148 valence electrons. The third kappa shape index (κ3) is 4.72. The highest BCUT2D eigenvalue weighted by Gasteiger charge is 2.11. The number of rotatable bonds is 8. The molecule has 0 radical (unpaired) electrons. The van der Waals surface area contributed by atoms with Gasteiger partial charge in [0.25, 0.3) is 0 Å². The Morgan fingerprint density at radius 2 is 1.55 bits per heavy atom. The van der Waals surface area contributed by atoms with E-state index in [0.717, 1.165) is 34.8 Å². The fraction of sp³-hybridized carbons (Fsp3) is 0.208. The van der Waals surface area contributed by atoms with E-state index >= 15 is 0 Å². The summed E-state index contributed by atoms with van der Waals surface area (Å²) < 4.78 is 14.0. The predicted octanol–water partition coefficient (Wildman–Crippen LogP) is 5.91. The maximum Gasteiger partial charge on any atom is 0.148 e. The van der Waals surface area contributed by atoms with E-state index in [4.69, 9.17) is 26.1 Å². The minimum Gasteiger partial charge on any atom is -0.492 e. The summed E-state index contributed by atoms with van der Waals surface area (Å²) in [5.74, 6) is 2.52. The largest absolute Gasteiger partial charge is 0.492 e. The molecule has 5 heteroatoms. The molecule has 4 nitrogen and oxygen atoms in total. The Kier molecular flexibility index (Phi) is 6.01. The molecule has 0 amide bonds. The van der Waals surface area contributed by atoms with Gasteiger partial charge in [0, 0.05) is 5.02 Å². The summed E-state index contributed by atoms with van der Waals surface area (Å²) in [4.78, 5) is 4.76. The molecular formula is C24H23ClN2O2. The number of aryl methyl sites for hydroxylation is 1. The van der Waals surface area contributed by atoms with Crippen molar-refractivity contribution in [2.45, 2.75) is 26.5 Å². The van der Waals surface area contributed by atoms with Crippen LogP contribution in [0.2, 0.25) is 5.02 Å². The zero-order chi connectivity index (χ0) is 20.1. The van der Waals surface area contributed by atoms with Crippen LogP contribution in [0, 0.1) is 0 Å². The number of para-hydroxylation sites is 2. The van der Waals surface area contributed by atoms with Crippen molar-refractivity contribution >= 4 is 22.6 Å². The Balaban J connectivity index is 1.48. The van der Waals surface area contributed by atoms with E-state index in [0.29, 0.717) is 24.8 Å². The topological polar surface area (TPSA) is 36.3 Å². The average Bonchev–Trinajstić information content (AvgIpc) is 3.11. The molecule has 0 unspecified atom stereocenters. The first-order valence-electron chi connectivity index (χ1n) is 9.77. The zero-order valence-electron chi connectivity index (χ0n) is 16.3. The Bertz CT molecular complexity index is 1070. The van der Waals surface area contributed by atoms with Gasteiger partial charge in [0.2, 0.25) is 0 Å². The first-order chi connectivity index (χ1) is 14.2. The van der Waals surface area contributed by atoms with Crippen molar-refractivity contribution in [3.05, 3.63) is 89.2 Å². The standard InChI is InChI=1S/C24H23ClN2O2/c1-2-18-7-11-21(12-8-18)29-17-24-26-22-5-3-4-6-23(22)27(24)15-16-28-20-13-9-19(25)10-14-20/h3-14H,2,15-17H2,1H3. The molecule has 3 aromatic carbocycles. The van der Waals surface area contributed by atoms with Gasteiger partial charge >= 0.3 is 0 Å². The fourth-order valence-corrected chi connectivity index (χ4v) is 3.37. The smallest absolute Gasteiger partial charge is 0.148 e. The number of halogens is 1. The summed E-state index contributed by atoms with van der Waals surface area (Å²) in [7, 11) is 0. The van der Waals surface area contributed by atoms with E-state index < -0.39 is 0 Å². The van der Waals surface area contributed by atoms with Crippen molar-refractivity contribution < 1.29 is 9.47 Å². The van der Waals surface area contributed by atoms with Crippen molar-refractivity contribution in [2.75, 3.05) is 6.61 Å². The first-order valence-corrected chi connectivity index (χ1v) is 10.1. The number of imidazole rings is 1. The van der Waals surface area contributed by atoms with Crippen LogP contribution >= 0.6 is 11.6 Å². The Labute approximate surface area is 175 Å². The van der Waals surface area contributed by atoms with E-state index in [-0.39, 0.29) is 0 Å². The van der Waals surface area contributed by atoms with Crippen LogP contribution in [-0.4, -0.2) is 16.2 Å². The number of fused-ring (bicyclic) bond motifs is 1. The SMILES string of the molecule is CCc1ccc(OCc2nc3ccccc3n2CCOc2ccc(Cl)cc2)cc1. The number of hydrogen-bond acceptors (Lipinski definition) is 3. The summed E-state index contributed by atoms with van der Waals surface area (Å²) in [6.45, 7) is 3.75. The monoisotopic (exact) mass is 406 g/mol. The van der Waals surface area contributed by atoms with Gasteiger partial charge in [-0.1, -0.05) is 42.8 Å². The molecule has 4 aromatic rings. The van der Waals surface area contributed by atoms with Crippen molar-refractivity contribution in [2.24, 2.45) is 0 Å². The second-order valence-electron chi connectivity index (χ2n) is 6.76. The van der Waals surface area contributed by atoms with E-state index in [1.165, 1.54) is 5.56 Å². The third-order valence-corrected chi connectivity index (χ3v) is 5.08. The maximum absolute atomic E-state index is 6.00. The highest BCUT2D eigenvalue weighted by Crippen LogP contribution is 2.20. The van der Waals surface area contributed by atoms with Crippen LogP contribution in [0.3, 0.4) is 0 Å². The van der Waals surface area contributed by atoms with E-state index in [1.807, 2.05) is 54.6 Å². The molecule has 0 bridgehead atoms. The van der Waals surface area contributed by atoms with Gasteiger partial charge in [0.05, 0.1) is 17.6 Å². The molecule has 4 rings (SSSR count). The molecule has 0 fully saturated rings. The van der Waals surface area contributed by atoms with E-state index in [1.54, 1.807) is 0 Å². The maximum atomic E-state index is 6.00. The Morgan fingerprint density at radius 3 is 2.31 bits per heavy atom. The highest BCUT2D eigenvalue weighted by atomic mass is 35.5. The predicted molar refractivity (Wildman–Crippen MR) is 117 cm³/mol. The molecule has 1 heterocycles. The molecule has 29 heavy (non-hydrogen) atoms. The van der Waals surface area contributed by atoms with Gasteiger partial charge < -0.3 is 14.0 Å². The number of aromatic nitrogens is 2. The van der Waals surface area contributed by atoms with Crippen LogP contribution in [0.1, 0.15) is 18.3 Å². The molecule has 0 atom stereocenters. The summed E-state index contributed by atoms with van der Waals surface area (Å²) in [5, 5.41) is 0.698. The number of ether oxygens (including phenoxy) is 2. The zero-order valence-corrected chi connectivity index (χ0v) is 17.1. The fourth-order valence-electron chi connectivity index (χ4n) is 3.24. The van der Waals surface area contributed by atoms with Gasteiger partial charge in [0.1, 0.15) is 30.5 Å². The van der Waals surface area contributed by atoms with Crippen LogP contribution in [-0.2, 0) is 19.6 Å². The lowest BCUT2D eigenvalue weighted by Crippen LogP contribution is -2.13. The van der Waals surface area contributed by atoms with Gasteiger partial charge in [-0.2, -0.15) is 0 Å². The van der Waals surface area contributed by atoms with Gasteiger partial charge in [0.15, 0.2) is 0 Å². The molecule has 0 aliphatic rings. The van der Waals surface area contributed by atoms with E-state index in [9.17, 15) is 0 Å². The minimum absolute atomic E-state index is 0.404. The van der Waals surface area contributed by atoms with Gasteiger partial charge in [-0.05, 0) is 60.5 Å². The molecule has 0 saturated carbocycles. The lowest BCUT2D eigenvalue weighted by atomic mass is 10.2. The van der Waals surface area contributed by atoms with Gasteiger partial charge in [-0.15, -0.1) is 0 Å². The minimum atomic E-state index is 0.404. The van der Waals surface area contributed by atoms with Gasteiger partial charge in [-0.3, -0.25) is 0 Å². The lowest BCUT2D eigenvalue weighted by Gasteiger charge is -2.12. The van der Waals surface area contributed by atoms with Crippen molar-refractivity contribution in [3.8, 4) is 11.5 Å². The molecule has 0 N–H and O–H groups in total.